The highest BCUT2D eigenvalue weighted by Gasteiger charge is 2.20. The lowest BCUT2D eigenvalue weighted by atomic mass is 10.00. The van der Waals surface area contributed by atoms with Crippen LogP contribution in [0.15, 0.2) is 35.5 Å². The van der Waals surface area contributed by atoms with Crippen molar-refractivity contribution in [1.29, 1.82) is 0 Å². The SMILES string of the molecule is CC1CCN(c2ncc(NS(=O)(=O)c3cc(Cl)ccc3Cl)cn2)CC1. The molecule has 1 fully saturated rings. The predicted molar refractivity (Wildman–Crippen MR) is 99.9 cm³/mol. The smallest absolute Gasteiger partial charge is 0.263 e. The number of aromatic nitrogens is 2. The van der Waals surface area contributed by atoms with Gasteiger partial charge in [0.15, 0.2) is 0 Å². The molecule has 1 N–H and O–H groups in total. The summed E-state index contributed by atoms with van der Waals surface area (Å²) in [7, 11) is -3.87. The van der Waals surface area contributed by atoms with E-state index in [-0.39, 0.29) is 20.6 Å². The third-order valence-corrected chi connectivity index (χ3v) is 6.24. The van der Waals surface area contributed by atoms with E-state index in [1.54, 1.807) is 0 Å². The topological polar surface area (TPSA) is 75.2 Å². The van der Waals surface area contributed by atoms with Crippen molar-refractivity contribution in [2.45, 2.75) is 24.7 Å². The van der Waals surface area contributed by atoms with Crippen LogP contribution in [0.1, 0.15) is 19.8 Å². The molecule has 134 valence electrons. The molecule has 0 atom stereocenters. The summed E-state index contributed by atoms with van der Waals surface area (Å²) in [6.45, 7) is 4.05. The maximum absolute atomic E-state index is 12.5. The van der Waals surface area contributed by atoms with Gasteiger partial charge in [0, 0.05) is 18.1 Å². The second kappa shape index (κ2) is 7.35. The third-order valence-electron chi connectivity index (χ3n) is 4.14. The molecule has 1 saturated heterocycles. The first-order chi connectivity index (χ1) is 11.8. The number of sulfonamides is 1. The zero-order chi connectivity index (χ0) is 18.0. The maximum Gasteiger partial charge on any atom is 0.263 e. The molecule has 0 unspecified atom stereocenters. The van der Waals surface area contributed by atoms with Gasteiger partial charge in [-0.25, -0.2) is 18.4 Å². The van der Waals surface area contributed by atoms with Crippen molar-refractivity contribution in [2.24, 2.45) is 5.92 Å². The molecule has 1 aliphatic heterocycles. The van der Waals surface area contributed by atoms with Gasteiger partial charge in [-0.3, -0.25) is 4.72 Å². The Morgan fingerprint density at radius 1 is 1.16 bits per heavy atom. The maximum atomic E-state index is 12.5. The van der Waals surface area contributed by atoms with E-state index in [2.05, 4.69) is 26.5 Å². The first-order valence-corrected chi connectivity index (χ1v) is 10.1. The Morgan fingerprint density at radius 2 is 1.80 bits per heavy atom. The van der Waals surface area contributed by atoms with Crippen molar-refractivity contribution in [3.63, 3.8) is 0 Å². The fraction of sp³-hybridized carbons (Fsp3) is 0.375. The minimum absolute atomic E-state index is 0.0873. The molecule has 0 spiro atoms. The minimum Gasteiger partial charge on any atom is -0.341 e. The molecule has 2 aromatic rings. The highest BCUT2D eigenvalue weighted by molar-refractivity contribution is 7.92. The number of hydrogen-bond acceptors (Lipinski definition) is 5. The number of nitrogens with zero attached hydrogens (tertiary/aromatic N) is 3. The highest BCUT2D eigenvalue weighted by Crippen LogP contribution is 2.27. The second-order valence-corrected chi connectivity index (χ2v) is 8.62. The van der Waals surface area contributed by atoms with E-state index in [1.807, 2.05) is 0 Å². The summed E-state index contributed by atoms with van der Waals surface area (Å²) in [5.74, 6) is 1.32. The number of benzene rings is 1. The van der Waals surface area contributed by atoms with Crippen LogP contribution in [-0.4, -0.2) is 31.5 Å². The summed E-state index contributed by atoms with van der Waals surface area (Å²) < 4.78 is 27.4. The Morgan fingerprint density at radius 3 is 2.44 bits per heavy atom. The summed E-state index contributed by atoms with van der Waals surface area (Å²) in [4.78, 5) is 10.6. The van der Waals surface area contributed by atoms with Gasteiger partial charge in [0.25, 0.3) is 10.0 Å². The van der Waals surface area contributed by atoms with Crippen LogP contribution >= 0.6 is 23.2 Å². The largest absolute Gasteiger partial charge is 0.341 e. The lowest BCUT2D eigenvalue weighted by Gasteiger charge is -2.30. The van der Waals surface area contributed by atoms with Gasteiger partial charge in [-0.05, 0) is 37.0 Å². The zero-order valence-electron chi connectivity index (χ0n) is 13.6. The first kappa shape index (κ1) is 18.2. The monoisotopic (exact) mass is 400 g/mol. The van der Waals surface area contributed by atoms with Crippen LogP contribution in [0.5, 0.6) is 0 Å². The van der Waals surface area contributed by atoms with E-state index in [0.29, 0.717) is 11.9 Å². The molecule has 0 saturated carbocycles. The Balaban J connectivity index is 1.75. The molecule has 25 heavy (non-hydrogen) atoms. The normalized spacial score (nSPS) is 16.0. The molecular formula is C16H18Cl2N4O2S. The van der Waals surface area contributed by atoms with E-state index < -0.39 is 10.0 Å². The predicted octanol–water partition coefficient (Wildman–Crippen LogP) is 3.82. The van der Waals surface area contributed by atoms with Crippen LogP contribution < -0.4 is 9.62 Å². The van der Waals surface area contributed by atoms with E-state index in [0.717, 1.165) is 25.9 Å². The first-order valence-electron chi connectivity index (χ1n) is 7.90. The van der Waals surface area contributed by atoms with Crippen molar-refractivity contribution in [1.82, 2.24) is 9.97 Å². The van der Waals surface area contributed by atoms with Crippen molar-refractivity contribution in [3.8, 4) is 0 Å². The molecular weight excluding hydrogens is 383 g/mol. The molecule has 1 aromatic carbocycles. The lowest BCUT2D eigenvalue weighted by molar-refractivity contribution is 0.434. The van der Waals surface area contributed by atoms with Crippen LogP contribution in [0.3, 0.4) is 0 Å². The Labute approximate surface area is 157 Å². The molecule has 1 aliphatic rings. The van der Waals surface area contributed by atoms with Crippen molar-refractivity contribution in [3.05, 3.63) is 40.6 Å². The van der Waals surface area contributed by atoms with E-state index in [1.165, 1.54) is 30.6 Å². The Kier molecular flexibility index (Phi) is 5.36. The molecule has 6 nitrogen and oxygen atoms in total. The van der Waals surface area contributed by atoms with Crippen LogP contribution in [0.25, 0.3) is 0 Å². The molecule has 0 aliphatic carbocycles. The van der Waals surface area contributed by atoms with E-state index >= 15 is 0 Å². The fourth-order valence-electron chi connectivity index (χ4n) is 2.64. The number of nitrogens with one attached hydrogen (secondary N) is 1. The van der Waals surface area contributed by atoms with Crippen LogP contribution in [-0.2, 0) is 10.0 Å². The molecule has 9 heteroatoms. The summed E-state index contributed by atoms with van der Waals surface area (Å²) in [6.07, 6.45) is 5.11. The summed E-state index contributed by atoms with van der Waals surface area (Å²) >= 11 is 11.8. The summed E-state index contributed by atoms with van der Waals surface area (Å²) in [5.41, 5.74) is 0.269. The molecule has 3 rings (SSSR count). The van der Waals surface area contributed by atoms with E-state index in [4.69, 9.17) is 23.2 Å². The molecule has 1 aromatic heterocycles. The van der Waals surface area contributed by atoms with Gasteiger partial charge in [-0.1, -0.05) is 30.1 Å². The van der Waals surface area contributed by atoms with E-state index in [9.17, 15) is 8.42 Å². The zero-order valence-corrected chi connectivity index (χ0v) is 15.9. The molecule has 2 heterocycles. The van der Waals surface area contributed by atoms with Gasteiger partial charge in [0.2, 0.25) is 5.95 Å². The molecule has 0 radical (unpaired) electrons. The fourth-order valence-corrected chi connectivity index (χ4v) is 4.43. The van der Waals surface area contributed by atoms with Gasteiger partial charge in [-0.15, -0.1) is 0 Å². The van der Waals surface area contributed by atoms with Crippen molar-refractivity contribution >= 4 is 44.9 Å². The Hall–Kier alpha value is -1.57. The van der Waals surface area contributed by atoms with Crippen LogP contribution in [0.2, 0.25) is 10.0 Å². The lowest BCUT2D eigenvalue weighted by Crippen LogP contribution is -2.34. The number of rotatable bonds is 4. The van der Waals surface area contributed by atoms with Crippen LogP contribution in [0.4, 0.5) is 11.6 Å². The standard InChI is InChI=1S/C16H18Cl2N4O2S/c1-11-4-6-22(7-5-11)16-19-9-13(10-20-16)21-25(23,24)15-8-12(17)2-3-14(15)18/h2-3,8-11,21H,4-7H2,1H3. The Bertz CT molecular complexity index is 851. The number of halogens is 2. The number of hydrogen-bond donors (Lipinski definition) is 1. The average molecular weight is 401 g/mol. The van der Waals surface area contributed by atoms with Gasteiger partial charge in [0.1, 0.15) is 4.90 Å². The van der Waals surface area contributed by atoms with Gasteiger partial charge < -0.3 is 4.90 Å². The summed E-state index contributed by atoms with van der Waals surface area (Å²) in [6, 6.07) is 4.27. The van der Waals surface area contributed by atoms with Gasteiger partial charge in [-0.2, -0.15) is 0 Å². The highest BCUT2D eigenvalue weighted by atomic mass is 35.5. The molecule has 0 amide bonds. The van der Waals surface area contributed by atoms with Crippen molar-refractivity contribution < 1.29 is 8.42 Å². The second-order valence-electron chi connectivity index (χ2n) is 6.12. The number of piperidine rings is 1. The van der Waals surface area contributed by atoms with Gasteiger partial charge >= 0.3 is 0 Å². The minimum atomic E-state index is -3.87. The van der Waals surface area contributed by atoms with Gasteiger partial charge in [0.05, 0.1) is 23.1 Å². The molecule has 0 bridgehead atoms. The third kappa shape index (κ3) is 4.34. The quantitative estimate of drug-likeness (QED) is 0.843. The van der Waals surface area contributed by atoms with Crippen molar-refractivity contribution in [2.75, 3.05) is 22.7 Å². The average Bonchev–Trinajstić information content (AvgIpc) is 2.58. The summed E-state index contributed by atoms with van der Waals surface area (Å²) in [5, 5.41) is 0.382. The van der Waals surface area contributed by atoms with Crippen LogP contribution in [0, 0.1) is 5.92 Å². The number of anilines is 2.